The first-order chi connectivity index (χ1) is 6.69. The van der Waals surface area contributed by atoms with E-state index in [4.69, 9.17) is 0 Å². The average Bonchev–Trinajstić information content (AvgIpc) is 2.27. The van der Waals surface area contributed by atoms with Gasteiger partial charge in [-0.05, 0) is 18.2 Å². The van der Waals surface area contributed by atoms with Gasteiger partial charge in [0.2, 0.25) is 0 Å². The molecule has 1 rings (SSSR count). The van der Waals surface area contributed by atoms with E-state index in [9.17, 15) is 9.59 Å². The first-order valence-electron chi connectivity index (χ1n) is 3.87. The Morgan fingerprint density at radius 2 is 1.86 bits per heavy atom. The molecule has 0 unspecified atom stereocenters. The summed E-state index contributed by atoms with van der Waals surface area (Å²) < 4.78 is 8.98. The Bertz CT molecular complexity index is 326. The second-order valence-corrected chi connectivity index (χ2v) is 2.47. The lowest BCUT2D eigenvalue weighted by atomic mass is 10.1. The Labute approximate surface area is 81.4 Å². The summed E-state index contributed by atoms with van der Waals surface area (Å²) in [5, 5.41) is 0. The minimum absolute atomic E-state index is 0.204. The molecule has 4 heteroatoms. The van der Waals surface area contributed by atoms with Crippen LogP contribution in [0.25, 0.3) is 0 Å². The van der Waals surface area contributed by atoms with Crippen LogP contribution in [0.1, 0.15) is 20.7 Å². The summed E-state index contributed by atoms with van der Waals surface area (Å²) >= 11 is 0. The molecule has 0 aliphatic heterocycles. The van der Waals surface area contributed by atoms with Crippen LogP contribution < -0.4 is 0 Å². The fourth-order valence-electron chi connectivity index (χ4n) is 0.939. The number of rotatable bonds is 2. The van der Waals surface area contributed by atoms with Crippen LogP contribution in [0.15, 0.2) is 18.2 Å². The molecule has 0 N–H and O–H groups in total. The van der Waals surface area contributed by atoms with Gasteiger partial charge in [0.15, 0.2) is 0 Å². The van der Waals surface area contributed by atoms with Crippen molar-refractivity contribution >= 4 is 11.9 Å². The molecular formula is C10H9O4. The lowest BCUT2D eigenvalue weighted by Gasteiger charge is -2.01. The summed E-state index contributed by atoms with van der Waals surface area (Å²) in [4.78, 5) is 22.2. The quantitative estimate of drug-likeness (QED) is 0.659. The zero-order chi connectivity index (χ0) is 10.6. The highest BCUT2D eigenvalue weighted by Gasteiger charge is 2.10. The number of ether oxygens (including phenoxy) is 2. The number of hydrogen-bond acceptors (Lipinski definition) is 4. The highest BCUT2D eigenvalue weighted by Crippen LogP contribution is 2.06. The molecule has 14 heavy (non-hydrogen) atoms. The summed E-state index contributed by atoms with van der Waals surface area (Å²) in [6.07, 6.45) is 0. The van der Waals surface area contributed by atoms with Crippen LogP contribution in [-0.4, -0.2) is 26.2 Å². The molecule has 0 fully saturated rings. The van der Waals surface area contributed by atoms with E-state index < -0.39 is 11.9 Å². The van der Waals surface area contributed by atoms with Crippen molar-refractivity contribution in [3.8, 4) is 0 Å². The zero-order valence-electron chi connectivity index (χ0n) is 7.87. The predicted octanol–water partition coefficient (Wildman–Crippen LogP) is 1.06. The monoisotopic (exact) mass is 193 g/mol. The SMILES string of the molecule is COC(=O)c1[c]ccc(C(=O)OC)c1. The van der Waals surface area contributed by atoms with Crippen molar-refractivity contribution in [1.29, 1.82) is 0 Å². The molecule has 0 saturated heterocycles. The van der Waals surface area contributed by atoms with Gasteiger partial charge < -0.3 is 9.47 Å². The van der Waals surface area contributed by atoms with Crippen molar-refractivity contribution in [3.63, 3.8) is 0 Å². The second kappa shape index (κ2) is 4.41. The van der Waals surface area contributed by atoms with Crippen LogP contribution in [-0.2, 0) is 9.47 Å². The molecule has 0 amide bonds. The van der Waals surface area contributed by atoms with Crippen LogP contribution in [0.5, 0.6) is 0 Å². The fourth-order valence-corrected chi connectivity index (χ4v) is 0.939. The molecule has 0 spiro atoms. The number of carbonyl (C=O) groups is 2. The normalized spacial score (nSPS) is 9.29. The third-order valence-corrected chi connectivity index (χ3v) is 1.63. The Balaban J connectivity index is 3.01. The van der Waals surface area contributed by atoms with E-state index in [0.717, 1.165) is 0 Å². The Morgan fingerprint density at radius 3 is 2.43 bits per heavy atom. The number of benzene rings is 1. The van der Waals surface area contributed by atoms with E-state index in [2.05, 4.69) is 15.5 Å². The van der Waals surface area contributed by atoms with Crippen molar-refractivity contribution in [1.82, 2.24) is 0 Å². The number of hydrogen-bond donors (Lipinski definition) is 0. The molecule has 0 bridgehead atoms. The minimum atomic E-state index is -0.532. The van der Waals surface area contributed by atoms with Gasteiger partial charge in [-0.3, -0.25) is 0 Å². The van der Waals surface area contributed by atoms with Gasteiger partial charge in [-0.15, -0.1) is 0 Å². The molecule has 1 radical (unpaired) electrons. The van der Waals surface area contributed by atoms with E-state index in [1.807, 2.05) is 0 Å². The van der Waals surface area contributed by atoms with Crippen LogP contribution in [0, 0.1) is 6.07 Å². The second-order valence-electron chi connectivity index (χ2n) is 2.47. The van der Waals surface area contributed by atoms with Gasteiger partial charge in [0, 0.05) is 0 Å². The van der Waals surface area contributed by atoms with Gasteiger partial charge >= 0.3 is 11.9 Å². The molecule has 0 aliphatic carbocycles. The topological polar surface area (TPSA) is 52.6 Å². The third kappa shape index (κ3) is 2.10. The average molecular weight is 193 g/mol. The smallest absolute Gasteiger partial charge is 0.338 e. The number of carbonyl (C=O) groups excluding carboxylic acids is 2. The van der Waals surface area contributed by atoms with E-state index in [1.54, 1.807) is 0 Å². The molecule has 4 nitrogen and oxygen atoms in total. The zero-order valence-corrected chi connectivity index (χ0v) is 7.87. The van der Waals surface area contributed by atoms with Crippen LogP contribution >= 0.6 is 0 Å². The lowest BCUT2D eigenvalue weighted by Crippen LogP contribution is -2.06. The maximum absolute atomic E-state index is 11.1. The molecule has 0 aliphatic rings. The number of esters is 2. The van der Waals surface area contributed by atoms with Gasteiger partial charge in [0.05, 0.1) is 25.3 Å². The Hall–Kier alpha value is -1.84. The minimum Gasteiger partial charge on any atom is -0.465 e. The van der Waals surface area contributed by atoms with Crippen molar-refractivity contribution < 1.29 is 19.1 Å². The van der Waals surface area contributed by atoms with Crippen molar-refractivity contribution in [2.45, 2.75) is 0 Å². The predicted molar refractivity (Wildman–Crippen MR) is 48.0 cm³/mol. The summed E-state index contributed by atoms with van der Waals surface area (Å²) in [7, 11) is 2.54. The first-order valence-corrected chi connectivity index (χ1v) is 3.87. The largest absolute Gasteiger partial charge is 0.465 e. The van der Waals surface area contributed by atoms with E-state index >= 15 is 0 Å². The lowest BCUT2D eigenvalue weighted by molar-refractivity contribution is 0.0599. The third-order valence-electron chi connectivity index (χ3n) is 1.63. The maximum Gasteiger partial charge on any atom is 0.338 e. The summed E-state index contributed by atoms with van der Waals surface area (Å²) in [6.45, 7) is 0. The molecule has 0 heterocycles. The highest BCUT2D eigenvalue weighted by atomic mass is 16.5. The highest BCUT2D eigenvalue weighted by molar-refractivity contribution is 5.94. The molecule has 1 aromatic carbocycles. The maximum atomic E-state index is 11.1. The Kier molecular flexibility index (Phi) is 3.23. The molecule has 0 aromatic heterocycles. The van der Waals surface area contributed by atoms with Crippen LogP contribution in [0.3, 0.4) is 0 Å². The molecule has 1 aromatic rings. The van der Waals surface area contributed by atoms with Gasteiger partial charge in [0.1, 0.15) is 0 Å². The van der Waals surface area contributed by atoms with E-state index in [-0.39, 0.29) is 5.56 Å². The molecule has 0 saturated carbocycles. The van der Waals surface area contributed by atoms with E-state index in [1.165, 1.54) is 32.4 Å². The van der Waals surface area contributed by atoms with E-state index in [0.29, 0.717) is 5.56 Å². The summed E-state index contributed by atoms with van der Waals surface area (Å²) in [5.41, 5.74) is 0.502. The van der Waals surface area contributed by atoms with Crippen LogP contribution in [0.4, 0.5) is 0 Å². The van der Waals surface area contributed by atoms with Crippen LogP contribution in [0.2, 0.25) is 0 Å². The van der Waals surface area contributed by atoms with Crippen molar-refractivity contribution in [2.24, 2.45) is 0 Å². The first kappa shape index (κ1) is 10.2. The van der Waals surface area contributed by atoms with Gasteiger partial charge in [0.25, 0.3) is 0 Å². The fraction of sp³-hybridized carbons (Fsp3) is 0.200. The number of methoxy groups -OCH3 is 2. The van der Waals surface area contributed by atoms with Gasteiger partial charge in [-0.1, -0.05) is 6.07 Å². The summed E-state index contributed by atoms with van der Waals surface area (Å²) in [6, 6.07) is 7.01. The molecular weight excluding hydrogens is 184 g/mol. The molecule has 73 valence electrons. The van der Waals surface area contributed by atoms with Crippen molar-refractivity contribution in [3.05, 3.63) is 35.4 Å². The Morgan fingerprint density at radius 1 is 1.21 bits per heavy atom. The standard InChI is InChI=1S/C10H9O4/c1-13-9(11)7-4-3-5-8(6-7)10(12)14-2/h3-4,6H,1-2H3. The summed E-state index contributed by atoms with van der Waals surface area (Å²) in [5.74, 6) is -1.03. The molecule has 0 atom stereocenters. The van der Waals surface area contributed by atoms with Gasteiger partial charge in [-0.25, -0.2) is 9.59 Å². The van der Waals surface area contributed by atoms with Gasteiger partial charge in [-0.2, -0.15) is 0 Å². The van der Waals surface area contributed by atoms with Crippen molar-refractivity contribution in [2.75, 3.05) is 14.2 Å².